The van der Waals surface area contributed by atoms with Gasteiger partial charge in [0.15, 0.2) is 0 Å². The Balaban J connectivity index is 1.02. The van der Waals surface area contributed by atoms with Gasteiger partial charge in [0, 0.05) is 6.54 Å². The molecular formula is C40H43N7O. The van der Waals surface area contributed by atoms with E-state index in [1.165, 1.54) is 78.3 Å². The van der Waals surface area contributed by atoms with E-state index in [2.05, 4.69) is 86.3 Å². The summed E-state index contributed by atoms with van der Waals surface area (Å²) in [6.45, 7) is 1.99. The van der Waals surface area contributed by atoms with E-state index in [0.717, 1.165) is 46.9 Å². The van der Waals surface area contributed by atoms with Crippen LogP contribution in [0.2, 0.25) is 0 Å². The highest BCUT2D eigenvalue weighted by atomic mass is 16.2. The van der Waals surface area contributed by atoms with Crippen molar-refractivity contribution in [2.45, 2.75) is 63.5 Å². The van der Waals surface area contributed by atoms with Gasteiger partial charge in [-0.1, -0.05) is 67.5 Å². The molecule has 2 aromatic heterocycles. The van der Waals surface area contributed by atoms with Gasteiger partial charge < -0.3 is 25.5 Å². The maximum atomic E-state index is 12.6. The molecule has 2 unspecified atom stereocenters. The Morgan fingerprint density at radius 3 is 2.42 bits per heavy atom. The molecule has 1 amide bonds. The number of imidazole rings is 2. The number of H-pyrrole nitrogens is 2. The molecule has 5 aromatic rings. The normalized spacial score (nSPS) is 21.2. The van der Waals surface area contributed by atoms with Crippen LogP contribution in [0.3, 0.4) is 0 Å². The molecule has 8 nitrogen and oxygen atoms in total. The molecular weight excluding hydrogens is 594 g/mol. The highest BCUT2D eigenvalue weighted by Crippen LogP contribution is 2.53. The Labute approximate surface area is 281 Å². The summed E-state index contributed by atoms with van der Waals surface area (Å²) in [6, 6.07) is 20.6. The third-order valence-electron chi connectivity index (χ3n) is 11.4. The van der Waals surface area contributed by atoms with Gasteiger partial charge in [-0.05, 0) is 109 Å². The van der Waals surface area contributed by atoms with Crippen molar-refractivity contribution >= 4 is 16.9 Å². The average molecular weight is 638 g/mol. The van der Waals surface area contributed by atoms with Gasteiger partial charge in [0.05, 0.1) is 35.5 Å². The van der Waals surface area contributed by atoms with E-state index < -0.39 is 0 Å². The number of nitrogens with zero attached hydrogens (tertiary/aromatic N) is 3. The number of carbonyl (C=O) groups is 1. The second-order valence-electron chi connectivity index (χ2n) is 14.4. The molecule has 48 heavy (non-hydrogen) atoms. The first-order valence-electron chi connectivity index (χ1n) is 17.7. The monoisotopic (exact) mass is 637 g/mol. The van der Waals surface area contributed by atoms with E-state index in [0.29, 0.717) is 24.5 Å². The fraction of sp³-hybridized carbons (Fsp3) is 0.375. The van der Waals surface area contributed by atoms with Crippen molar-refractivity contribution in [1.29, 1.82) is 0 Å². The molecule has 2 atom stereocenters. The zero-order chi connectivity index (χ0) is 32.2. The number of rotatable bonds is 7. The van der Waals surface area contributed by atoms with Crippen LogP contribution in [0.1, 0.15) is 73.4 Å². The molecule has 3 aromatic carbocycles. The summed E-state index contributed by atoms with van der Waals surface area (Å²) in [5.74, 6) is 1.93. The second kappa shape index (κ2) is 11.9. The predicted molar refractivity (Wildman–Crippen MR) is 190 cm³/mol. The number of amides is 1. The minimum Gasteiger partial charge on any atom is -0.341 e. The van der Waals surface area contributed by atoms with Crippen LogP contribution in [0.15, 0.2) is 72.9 Å². The fourth-order valence-electron chi connectivity index (χ4n) is 8.94. The van der Waals surface area contributed by atoms with Crippen molar-refractivity contribution in [3.05, 3.63) is 95.7 Å². The largest absolute Gasteiger partial charge is 0.341 e. The van der Waals surface area contributed by atoms with Gasteiger partial charge in [-0.3, -0.25) is 4.79 Å². The van der Waals surface area contributed by atoms with Gasteiger partial charge in [0.1, 0.15) is 17.7 Å². The fourth-order valence-corrected chi connectivity index (χ4v) is 8.94. The quantitative estimate of drug-likeness (QED) is 0.144. The molecule has 0 radical (unpaired) electrons. The SMILES string of the molecule is CNCC(=O)N1CC=CC1c1ncc(-c2ccc(-c3ccc(-c4ccc5nc(C6CCCN6)[nH]c5c4)c4c3CC3(CCCC3)C4)cc2)[nH]1. The van der Waals surface area contributed by atoms with Crippen LogP contribution in [0, 0.1) is 5.41 Å². The summed E-state index contributed by atoms with van der Waals surface area (Å²) < 4.78 is 0. The summed E-state index contributed by atoms with van der Waals surface area (Å²) >= 11 is 0. The van der Waals surface area contributed by atoms with Gasteiger partial charge in [0.2, 0.25) is 5.91 Å². The molecule has 1 saturated carbocycles. The molecule has 1 saturated heterocycles. The molecule has 244 valence electrons. The summed E-state index contributed by atoms with van der Waals surface area (Å²) in [6.07, 6.45) is 16.0. The third-order valence-corrected chi connectivity index (χ3v) is 11.4. The first-order valence-corrected chi connectivity index (χ1v) is 17.7. The Morgan fingerprint density at radius 1 is 0.917 bits per heavy atom. The lowest BCUT2D eigenvalue weighted by molar-refractivity contribution is -0.130. The van der Waals surface area contributed by atoms with Crippen LogP contribution >= 0.6 is 0 Å². The van der Waals surface area contributed by atoms with E-state index >= 15 is 0 Å². The Hall–Kier alpha value is -4.53. The van der Waals surface area contributed by atoms with Crippen molar-refractivity contribution in [2.24, 2.45) is 5.41 Å². The molecule has 4 aliphatic rings. The van der Waals surface area contributed by atoms with Crippen molar-refractivity contribution in [3.8, 4) is 33.5 Å². The number of carbonyl (C=O) groups excluding carboxylic acids is 1. The lowest BCUT2D eigenvalue weighted by Crippen LogP contribution is -2.37. The Bertz CT molecular complexity index is 2020. The Morgan fingerprint density at radius 2 is 1.67 bits per heavy atom. The van der Waals surface area contributed by atoms with Crippen molar-refractivity contribution in [1.82, 2.24) is 35.5 Å². The van der Waals surface area contributed by atoms with E-state index in [9.17, 15) is 4.79 Å². The van der Waals surface area contributed by atoms with Crippen LogP contribution in [0.4, 0.5) is 0 Å². The van der Waals surface area contributed by atoms with Crippen LogP contribution in [0.5, 0.6) is 0 Å². The Kier molecular flexibility index (Phi) is 7.31. The number of benzene rings is 3. The standard InChI is InChI=1S/C40H43N7O/c1-41-24-37(48)47-19-5-7-36(47)39-43-23-35(46-39)26-10-8-25(9-11-26)28-13-14-29(31-22-40(21-30(28)31)16-2-3-17-40)27-12-15-32-34(20-27)45-38(44-32)33-6-4-18-42-33/h5,7-15,20,23,33,36,41-42H,2-4,6,16-19,21-22,24H2,1H3,(H,43,46)(H,44,45). The van der Waals surface area contributed by atoms with Crippen molar-refractivity contribution in [2.75, 3.05) is 26.7 Å². The zero-order valence-electron chi connectivity index (χ0n) is 27.6. The van der Waals surface area contributed by atoms with Crippen LogP contribution in [-0.4, -0.2) is 57.4 Å². The molecule has 2 aliphatic carbocycles. The first-order chi connectivity index (χ1) is 23.6. The molecule has 1 spiro atoms. The first kappa shape index (κ1) is 29.6. The maximum absolute atomic E-state index is 12.6. The van der Waals surface area contributed by atoms with Gasteiger partial charge in [0.25, 0.3) is 0 Å². The number of aromatic nitrogens is 4. The number of hydrogen-bond donors (Lipinski definition) is 4. The molecule has 2 aliphatic heterocycles. The van der Waals surface area contributed by atoms with Gasteiger partial charge in [-0.2, -0.15) is 0 Å². The van der Waals surface area contributed by atoms with E-state index in [1.807, 2.05) is 17.2 Å². The van der Waals surface area contributed by atoms with Gasteiger partial charge >= 0.3 is 0 Å². The highest BCUT2D eigenvalue weighted by molar-refractivity contribution is 5.86. The smallest absolute Gasteiger partial charge is 0.237 e. The molecule has 8 heteroatoms. The van der Waals surface area contributed by atoms with Crippen LogP contribution < -0.4 is 10.6 Å². The van der Waals surface area contributed by atoms with E-state index in [-0.39, 0.29) is 11.9 Å². The lowest BCUT2D eigenvalue weighted by atomic mass is 9.82. The molecule has 2 fully saturated rings. The molecule has 9 rings (SSSR count). The van der Waals surface area contributed by atoms with E-state index in [1.54, 1.807) is 7.05 Å². The van der Waals surface area contributed by atoms with Crippen molar-refractivity contribution in [3.63, 3.8) is 0 Å². The summed E-state index contributed by atoms with van der Waals surface area (Å²) in [4.78, 5) is 31.2. The number of hydrogen-bond acceptors (Lipinski definition) is 5. The topological polar surface area (TPSA) is 102 Å². The summed E-state index contributed by atoms with van der Waals surface area (Å²) in [5, 5.41) is 6.55. The summed E-state index contributed by atoms with van der Waals surface area (Å²) in [7, 11) is 1.80. The number of nitrogens with one attached hydrogen (secondary N) is 4. The van der Waals surface area contributed by atoms with Crippen LogP contribution in [-0.2, 0) is 17.6 Å². The minimum atomic E-state index is -0.164. The van der Waals surface area contributed by atoms with Gasteiger partial charge in [-0.15, -0.1) is 0 Å². The summed E-state index contributed by atoms with van der Waals surface area (Å²) in [5.41, 5.74) is 13.0. The second-order valence-corrected chi connectivity index (χ2v) is 14.4. The number of likely N-dealkylation sites (N-methyl/N-ethyl adjacent to an activating group) is 1. The number of aromatic amines is 2. The number of fused-ring (bicyclic) bond motifs is 2. The predicted octanol–water partition coefficient (Wildman–Crippen LogP) is 7.03. The van der Waals surface area contributed by atoms with Crippen LogP contribution in [0.25, 0.3) is 44.5 Å². The highest BCUT2D eigenvalue weighted by Gasteiger charge is 2.41. The average Bonchev–Trinajstić information content (AvgIpc) is 3.96. The maximum Gasteiger partial charge on any atom is 0.237 e. The third kappa shape index (κ3) is 5.09. The zero-order valence-corrected chi connectivity index (χ0v) is 27.6. The van der Waals surface area contributed by atoms with E-state index in [4.69, 9.17) is 4.98 Å². The molecule has 4 N–H and O–H groups in total. The lowest BCUT2D eigenvalue weighted by Gasteiger charge is -2.23. The molecule has 0 bridgehead atoms. The minimum absolute atomic E-state index is 0.0700. The van der Waals surface area contributed by atoms with Gasteiger partial charge in [-0.25, -0.2) is 9.97 Å². The van der Waals surface area contributed by atoms with Crippen molar-refractivity contribution < 1.29 is 4.79 Å². The molecule has 4 heterocycles.